The fraction of sp³-hybridized carbons (Fsp3) is 0.385. The molecule has 0 aliphatic heterocycles. The first-order valence-corrected chi connectivity index (χ1v) is 8.28. The van der Waals surface area contributed by atoms with Crippen LogP contribution >= 0.6 is 0 Å². The Morgan fingerprint density at radius 2 is 1.67 bits per heavy atom. The topological polar surface area (TPSA) is 164 Å². The highest BCUT2D eigenvalue weighted by Crippen LogP contribution is 2.19. The Hall–Kier alpha value is -2.53. The summed E-state index contributed by atoms with van der Waals surface area (Å²) in [6.45, 7) is 0.874. The molecule has 0 aliphatic rings. The van der Waals surface area contributed by atoms with Crippen molar-refractivity contribution in [1.82, 2.24) is 4.72 Å². The predicted octanol–water partition coefficient (Wildman–Crippen LogP) is 0.685. The van der Waals surface area contributed by atoms with E-state index in [9.17, 15) is 28.1 Å². The number of aliphatic carboxylic acids is 2. The molecule has 0 unspecified atom stereocenters. The molecule has 0 aromatic heterocycles. The average Bonchev–Trinajstić information content (AvgIpc) is 2.50. The lowest BCUT2D eigenvalue weighted by molar-refractivity contribution is -0.384. The van der Waals surface area contributed by atoms with Gasteiger partial charge in [-0.1, -0.05) is 6.92 Å². The van der Waals surface area contributed by atoms with Crippen molar-refractivity contribution in [2.45, 2.75) is 18.2 Å². The van der Waals surface area contributed by atoms with Crippen molar-refractivity contribution in [1.29, 1.82) is 0 Å². The lowest BCUT2D eigenvalue weighted by atomic mass is 9.90. The molecule has 2 atom stereocenters. The summed E-state index contributed by atoms with van der Waals surface area (Å²) in [5.41, 5.74) is -0.297. The standard InChI is InChI=1S/C13H16N2O8S/c1-2-10(12(16)17)11(13(18)19)7-14-24(22,23)9-5-3-8(4-6-9)15(20)21/h3-6,10-11,14H,2,7H2,1H3,(H,16,17)(H,18,19)/t10-,11-/m0/s1. The number of carboxylic acid groups (broad SMARTS) is 2. The summed E-state index contributed by atoms with van der Waals surface area (Å²) in [4.78, 5) is 31.8. The maximum Gasteiger partial charge on any atom is 0.308 e. The van der Waals surface area contributed by atoms with E-state index in [-0.39, 0.29) is 17.0 Å². The molecule has 0 saturated carbocycles. The van der Waals surface area contributed by atoms with Gasteiger partial charge in [0.25, 0.3) is 5.69 Å². The minimum atomic E-state index is -4.13. The van der Waals surface area contributed by atoms with Gasteiger partial charge in [-0.25, -0.2) is 13.1 Å². The zero-order valence-corrected chi connectivity index (χ0v) is 13.4. The predicted molar refractivity (Wildman–Crippen MR) is 80.8 cm³/mol. The molecule has 1 aromatic carbocycles. The highest BCUT2D eigenvalue weighted by molar-refractivity contribution is 7.89. The number of non-ortho nitro benzene ring substituents is 1. The van der Waals surface area contributed by atoms with Crippen LogP contribution in [0, 0.1) is 22.0 Å². The van der Waals surface area contributed by atoms with Crippen LogP contribution in [0.4, 0.5) is 5.69 Å². The first-order chi connectivity index (χ1) is 11.1. The van der Waals surface area contributed by atoms with Crippen LogP contribution in [0.1, 0.15) is 13.3 Å². The Morgan fingerprint density at radius 3 is 2.04 bits per heavy atom. The van der Waals surface area contributed by atoms with E-state index in [1.54, 1.807) is 0 Å². The zero-order chi connectivity index (χ0) is 18.5. The normalized spacial score (nSPS) is 13.9. The van der Waals surface area contributed by atoms with Crippen LogP contribution in [0.5, 0.6) is 0 Å². The van der Waals surface area contributed by atoms with Gasteiger partial charge in [-0.2, -0.15) is 0 Å². The number of hydrogen-bond acceptors (Lipinski definition) is 6. The SMILES string of the molecule is CC[C@H](C(=O)O)[C@H](CNS(=O)(=O)c1ccc([N+](=O)[O-])cc1)C(=O)O. The van der Waals surface area contributed by atoms with Gasteiger partial charge in [-0.3, -0.25) is 19.7 Å². The summed E-state index contributed by atoms with van der Waals surface area (Å²) >= 11 is 0. The van der Waals surface area contributed by atoms with E-state index < -0.39 is 45.3 Å². The second-order valence-corrected chi connectivity index (χ2v) is 6.67. The molecular formula is C13H16N2O8S. The van der Waals surface area contributed by atoms with Gasteiger partial charge in [0.05, 0.1) is 21.7 Å². The average molecular weight is 360 g/mol. The number of nitro groups is 1. The van der Waals surface area contributed by atoms with Gasteiger partial charge in [-0.15, -0.1) is 0 Å². The molecule has 0 spiro atoms. The van der Waals surface area contributed by atoms with E-state index in [4.69, 9.17) is 10.2 Å². The number of carboxylic acids is 2. The molecule has 24 heavy (non-hydrogen) atoms. The third-order valence-corrected chi connectivity index (χ3v) is 4.85. The highest BCUT2D eigenvalue weighted by atomic mass is 32.2. The molecule has 0 radical (unpaired) electrons. The maximum atomic E-state index is 12.1. The minimum absolute atomic E-state index is 0.0194. The number of rotatable bonds is 9. The highest BCUT2D eigenvalue weighted by Gasteiger charge is 2.33. The lowest BCUT2D eigenvalue weighted by Crippen LogP contribution is -2.39. The third-order valence-electron chi connectivity index (χ3n) is 3.41. The molecule has 1 aromatic rings. The van der Waals surface area contributed by atoms with Crippen LogP contribution in [0.15, 0.2) is 29.2 Å². The smallest absolute Gasteiger partial charge is 0.308 e. The van der Waals surface area contributed by atoms with Crippen molar-refractivity contribution in [3.05, 3.63) is 34.4 Å². The van der Waals surface area contributed by atoms with Crippen LogP contribution in [0.3, 0.4) is 0 Å². The zero-order valence-electron chi connectivity index (χ0n) is 12.6. The van der Waals surface area contributed by atoms with Crippen LogP contribution in [-0.4, -0.2) is 42.0 Å². The molecule has 0 heterocycles. The van der Waals surface area contributed by atoms with Crippen molar-refractivity contribution < 1.29 is 33.1 Å². The summed E-state index contributed by atoms with van der Waals surface area (Å²) in [5, 5.41) is 28.7. The Morgan fingerprint density at radius 1 is 1.17 bits per heavy atom. The Kier molecular flexibility index (Phi) is 6.37. The fourth-order valence-corrected chi connectivity index (χ4v) is 3.12. The van der Waals surface area contributed by atoms with Crippen molar-refractivity contribution in [2.75, 3.05) is 6.54 Å². The second kappa shape index (κ2) is 7.84. The van der Waals surface area contributed by atoms with Gasteiger partial charge in [0.15, 0.2) is 0 Å². The van der Waals surface area contributed by atoms with Crippen molar-refractivity contribution in [3.63, 3.8) is 0 Å². The Balaban J connectivity index is 2.94. The summed E-state index contributed by atoms with van der Waals surface area (Å²) < 4.78 is 26.2. The van der Waals surface area contributed by atoms with Crippen LogP contribution in [0.2, 0.25) is 0 Å². The van der Waals surface area contributed by atoms with Gasteiger partial charge in [0.1, 0.15) is 0 Å². The molecular weight excluding hydrogens is 344 g/mol. The fourth-order valence-electron chi connectivity index (χ4n) is 2.06. The van der Waals surface area contributed by atoms with Crippen molar-refractivity contribution in [3.8, 4) is 0 Å². The maximum absolute atomic E-state index is 12.1. The largest absolute Gasteiger partial charge is 0.481 e. The van der Waals surface area contributed by atoms with Gasteiger partial charge in [0.2, 0.25) is 10.0 Å². The van der Waals surface area contributed by atoms with E-state index in [2.05, 4.69) is 0 Å². The first kappa shape index (κ1) is 19.5. The quantitative estimate of drug-likeness (QED) is 0.427. The van der Waals surface area contributed by atoms with Crippen molar-refractivity contribution >= 4 is 27.6 Å². The van der Waals surface area contributed by atoms with Gasteiger partial charge in [0, 0.05) is 18.7 Å². The molecule has 10 nitrogen and oxygen atoms in total. The monoisotopic (exact) mass is 360 g/mol. The summed E-state index contributed by atoms with van der Waals surface area (Å²) in [7, 11) is -4.13. The van der Waals surface area contributed by atoms with Gasteiger partial charge in [-0.05, 0) is 18.6 Å². The summed E-state index contributed by atoms with van der Waals surface area (Å²) in [5.74, 6) is -5.46. The molecule has 0 fully saturated rings. The molecule has 0 aliphatic carbocycles. The molecule has 11 heteroatoms. The number of hydrogen-bond donors (Lipinski definition) is 3. The second-order valence-electron chi connectivity index (χ2n) is 4.90. The Bertz CT molecular complexity index is 729. The first-order valence-electron chi connectivity index (χ1n) is 6.80. The Labute approximate surface area is 137 Å². The molecule has 0 saturated heterocycles. The minimum Gasteiger partial charge on any atom is -0.481 e. The van der Waals surface area contributed by atoms with Crippen LogP contribution in [-0.2, 0) is 19.6 Å². The number of benzene rings is 1. The number of nitrogens with one attached hydrogen (secondary N) is 1. The number of sulfonamides is 1. The molecule has 1 rings (SSSR count). The molecule has 0 amide bonds. The van der Waals surface area contributed by atoms with E-state index >= 15 is 0 Å². The van der Waals surface area contributed by atoms with Crippen molar-refractivity contribution in [2.24, 2.45) is 11.8 Å². The summed E-state index contributed by atoms with van der Waals surface area (Å²) in [6.07, 6.45) is 0.0194. The number of nitrogens with zero attached hydrogens (tertiary/aromatic N) is 1. The number of carbonyl (C=O) groups is 2. The van der Waals surface area contributed by atoms with Gasteiger partial charge >= 0.3 is 11.9 Å². The lowest BCUT2D eigenvalue weighted by Gasteiger charge is -2.19. The molecule has 0 bridgehead atoms. The van der Waals surface area contributed by atoms with E-state index in [0.717, 1.165) is 24.3 Å². The third kappa shape index (κ3) is 4.73. The van der Waals surface area contributed by atoms with Crippen LogP contribution in [0.25, 0.3) is 0 Å². The van der Waals surface area contributed by atoms with Crippen LogP contribution < -0.4 is 4.72 Å². The van der Waals surface area contributed by atoms with E-state index in [0.29, 0.717) is 0 Å². The van der Waals surface area contributed by atoms with E-state index in [1.165, 1.54) is 6.92 Å². The molecule has 132 valence electrons. The molecule has 3 N–H and O–H groups in total. The van der Waals surface area contributed by atoms with E-state index in [1.807, 2.05) is 4.72 Å². The van der Waals surface area contributed by atoms with Gasteiger partial charge < -0.3 is 10.2 Å². The summed E-state index contributed by atoms with van der Waals surface area (Å²) in [6, 6.07) is 4.00. The number of nitro benzene ring substituents is 1.